The van der Waals surface area contributed by atoms with Gasteiger partial charge in [0.25, 0.3) is 5.91 Å². The Morgan fingerprint density at radius 1 is 1.12 bits per heavy atom. The molecule has 2 rings (SSSR count). The predicted molar refractivity (Wildman–Crippen MR) is 54.1 cm³/mol. The molecule has 0 aliphatic carbocycles. The molecule has 1 amide bonds. The van der Waals surface area contributed by atoms with Gasteiger partial charge >= 0.3 is 0 Å². The van der Waals surface area contributed by atoms with E-state index >= 15 is 0 Å². The third kappa shape index (κ3) is 2.39. The molecule has 86 valence electrons. The highest BCUT2D eigenvalue weighted by atomic mass is 19.2. The van der Waals surface area contributed by atoms with Crippen molar-refractivity contribution in [1.29, 1.82) is 0 Å². The van der Waals surface area contributed by atoms with E-state index in [0.717, 1.165) is 12.3 Å². The zero-order chi connectivity index (χ0) is 12.3. The minimum atomic E-state index is -1.33. The van der Waals surface area contributed by atoms with Crippen molar-refractivity contribution >= 4 is 11.9 Å². The zero-order valence-electron chi connectivity index (χ0n) is 8.39. The summed E-state index contributed by atoms with van der Waals surface area (Å²) >= 11 is 0. The first-order valence-corrected chi connectivity index (χ1v) is 4.57. The second kappa shape index (κ2) is 4.60. The molecule has 0 unspecified atom stereocenters. The fourth-order valence-electron chi connectivity index (χ4n) is 1.13. The quantitative estimate of drug-likeness (QED) is 0.800. The van der Waals surface area contributed by atoms with Gasteiger partial charge in [0.05, 0.1) is 5.56 Å². The Labute approximate surface area is 94.6 Å². The van der Waals surface area contributed by atoms with Gasteiger partial charge in [-0.2, -0.15) is 4.39 Å². The molecule has 0 atom stereocenters. The zero-order valence-corrected chi connectivity index (χ0v) is 8.39. The van der Waals surface area contributed by atoms with Crippen molar-refractivity contribution in [3.63, 3.8) is 0 Å². The number of nitrogens with zero attached hydrogens (tertiary/aromatic N) is 3. The molecule has 0 aliphatic heterocycles. The lowest BCUT2D eigenvalue weighted by molar-refractivity contribution is 0.102. The number of aromatic nitrogens is 3. The number of amides is 1. The molecule has 1 N–H and O–H groups in total. The maximum Gasteiger partial charge on any atom is 0.261 e. The van der Waals surface area contributed by atoms with Gasteiger partial charge < -0.3 is 0 Å². The summed E-state index contributed by atoms with van der Waals surface area (Å²) in [5.41, 5.74) is -0.454. The Morgan fingerprint density at radius 3 is 2.53 bits per heavy atom. The van der Waals surface area contributed by atoms with Crippen LogP contribution in [0.2, 0.25) is 0 Å². The standard InChI is InChI=1S/C10H6F2N4O/c11-7-6(2-5-13-8(7)12)9(17)16-10-14-3-1-4-15-10/h1-5H,(H,14,15,16,17). The van der Waals surface area contributed by atoms with Crippen molar-refractivity contribution in [2.75, 3.05) is 5.32 Å². The molecule has 2 aromatic heterocycles. The summed E-state index contributed by atoms with van der Waals surface area (Å²) in [6, 6.07) is 2.62. The van der Waals surface area contributed by atoms with Crippen molar-refractivity contribution < 1.29 is 13.6 Å². The molecule has 2 heterocycles. The van der Waals surface area contributed by atoms with E-state index in [-0.39, 0.29) is 5.95 Å². The van der Waals surface area contributed by atoms with Crippen LogP contribution in [0.5, 0.6) is 0 Å². The molecule has 17 heavy (non-hydrogen) atoms. The Kier molecular flexibility index (Phi) is 2.99. The third-order valence-electron chi connectivity index (χ3n) is 1.88. The maximum absolute atomic E-state index is 13.2. The van der Waals surface area contributed by atoms with E-state index in [1.165, 1.54) is 12.4 Å². The summed E-state index contributed by atoms with van der Waals surface area (Å²) in [6.07, 6.45) is 3.82. The second-order valence-corrected chi connectivity index (χ2v) is 2.99. The predicted octanol–water partition coefficient (Wildman–Crippen LogP) is 1.40. The van der Waals surface area contributed by atoms with Gasteiger partial charge in [0, 0.05) is 18.6 Å². The van der Waals surface area contributed by atoms with Crippen molar-refractivity contribution in [2.45, 2.75) is 0 Å². The molecule has 0 radical (unpaired) electrons. The van der Waals surface area contributed by atoms with Crippen LogP contribution in [-0.2, 0) is 0 Å². The molecule has 5 nitrogen and oxygen atoms in total. The first-order valence-electron chi connectivity index (χ1n) is 4.57. The van der Waals surface area contributed by atoms with Gasteiger partial charge in [-0.3, -0.25) is 10.1 Å². The van der Waals surface area contributed by atoms with Gasteiger partial charge in [-0.05, 0) is 12.1 Å². The van der Waals surface area contributed by atoms with Gasteiger partial charge in [0.15, 0.2) is 5.82 Å². The Morgan fingerprint density at radius 2 is 1.82 bits per heavy atom. The van der Waals surface area contributed by atoms with E-state index in [4.69, 9.17) is 0 Å². The first-order chi connectivity index (χ1) is 8.18. The molecule has 0 aliphatic rings. The molecule has 0 aromatic carbocycles. The highest BCUT2D eigenvalue weighted by molar-refractivity contribution is 6.03. The lowest BCUT2D eigenvalue weighted by Gasteiger charge is -2.03. The van der Waals surface area contributed by atoms with E-state index < -0.39 is 23.2 Å². The van der Waals surface area contributed by atoms with E-state index in [2.05, 4.69) is 20.3 Å². The first kappa shape index (κ1) is 11.1. The second-order valence-electron chi connectivity index (χ2n) is 2.99. The summed E-state index contributed by atoms with van der Waals surface area (Å²) < 4.78 is 26.0. The average Bonchev–Trinajstić information content (AvgIpc) is 2.34. The highest BCUT2D eigenvalue weighted by Crippen LogP contribution is 2.10. The monoisotopic (exact) mass is 236 g/mol. The minimum absolute atomic E-state index is 0.00844. The van der Waals surface area contributed by atoms with E-state index in [1.807, 2.05) is 0 Å². The molecule has 0 saturated carbocycles. The fourth-order valence-corrected chi connectivity index (χ4v) is 1.13. The number of halogens is 2. The number of anilines is 1. The third-order valence-corrected chi connectivity index (χ3v) is 1.88. The minimum Gasteiger partial charge on any atom is -0.290 e. The molecule has 0 saturated heterocycles. The van der Waals surface area contributed by atoms with Crippen molar-refractivity contribution in [1.82, 2.24) is 15.0 Å². The van der Waals surface area contributed by atoms with Crippen LogP contribution in [0.15, 0.2) is 30.7 Å². The van der Waals surface area contributed by atoms with Gasteiger partial charge in [0.2, 0.25) is 11.9 Å². The lowest BCUT2D eigenvalue weighted by atomic mass is 10.2. The van der Waals surface area contributed by atoms with Crippen molar-refractivity contribution in [3.05, 3.63) is 48.1 Å². The molecule has 7 heteroatoms. The number of carbonyl (C=O) groups is 1. The normalized spacial score (nSPS) is 10.0. The van der Waals surface area contributed by atoms with Crippen LogP contribution in [0.4, 0.5) is 14.7 Å². The number of hydrogen-bond donors (Lipinski definition) is 1. The van der Waals surface area contributed by atoms with Crippen LogP contribution in [0.25, 0.3) is 0 Å². The number of pyridine rings is 1. The fraction of sp³-hybridized carbons (Fsp3) is 0. The van der Waals surface area contributed by atoms with Gasteiger partial charge in [-0.1, -0.05) is 0 Å². The van der Waals surface area contributed by atoms with Crippen LogP contribution in [0.3, 0.4) is 0 Å². The van der Waals surface area contributed by atoms with Crippen molar-refractivity contribution in [3.8, 4) is 0 Å². The topological polar surface area (TPSA) is 67.8 Å². The lowest BCUT2D eigenvalue weighted by Crippen LogP contribution is -2.16. The number of hydrogen-bond acceptors (Lipinski definition) is 4. The summed E-state index contributed by atoms with van der Waals surface area (Å²) in [7, 11) is 0. The van der Waals surface area contributed by atoms with Crippen molar-refractivity contribution in [2.24, 2.45) is 0 Å². The highest BCUT2D eigenvalue weighted by Gasteiger charge is 2.16. The van der Waals surface area contributed by atoms with Gasteiger partial charge in [-0.15, -0.1) is 0 Å². The molecule has 0 fully saturated rings. The molecular formula is C10H6F2N4O. The van der Waals surface area contributed by atoms with Gasteiger partial charge in [0.1, 0.15) is 0 Å². The summed E-state index contributed by atoms with van der Waals surface area (Å²) in [4.78, 5) is 22.1. The van der Waals surface area contributed by atoms with Crippen LogP contribution in [-0.4, -0.2) is 20.9 Å². The van der Waals surface area contributed by atoms with Crippen LogP contribution < -0.4 is 5.32 Å². The largest absolute Gasteiger partial charge is 0.290 e. The SMILES string of the molecule is O=C(Nc1ncccn1)c1ccnc(F)c1F. The van der Waals surface area contributed by atoms with E-state index in [0.29, 0.717) is 0 Å². The number of nitrogens with one attached hydrogen (secondary N) is 1. The summed E-state index contributed by atoms with van der Waals surface area (Å²) in [5.74, 6) is -3.46. The molecule has 2 aromatic rings. The summed E-state index contributed by atoms with van der Waals surface area (Å²) in [6.45, 7) is 0. The number of carbonyl (C=O) groups excluding carboxylic acids is 1. The van der Waals surface area contributed by atoms with Crippen LogP contribution >= 0.6 is 0 Å². The average molecular weight is 236 g/mol. The number of rotatable bonds is 2. The van der Waals surface area contributed by atoms with Crippen LogP contribution in [0, 0.1) is 11.8 Å². The summed E-state index contributed by atoms with van der Waals surface area (Å²) in [5, 5.41) is 2.23. The molecule has 0 bridgehead atoms. The Hall–Kier alpha value is -2.44. The van der Waals surface area contributed by atoms with E-state index in [9.17, 15) is 13.6 Å². The Balaban J connectivity index is 2.24. The molecule has 0 spiro atoms. The molecular weight excluding hydrogens is 230 g/mol. The van der Waals surface area contributed by atoms with Gasteiger partial charge in [-0.25, -0.2) is 19.3 Å². The maximum atomic E-state index is 13.2. The van der Waals surface area contributed by atoms with E-state index in [1.54, 1.807) is 6.07 Å². The Bertz CT molecular complexity index is 547. The smallest absolute Gasteiger partial charge is 0.261 e. The van der Waals surface area contributed by atoms with Crippen LogP contribution in [0.1, 0.15) is 10.4 Å².